The van der Waals surface area contributed by atoms with Gasteiger partial charge in [-0.3, -0.25) is 14.5 Å². The minimum atomic E-state index is 0.0322. The van der Waals surface area contributed by atoms with E-state index < -0.39 is 0 Å². The summed E-state index contributed by atoms with van der Waals surface area (Å²) in [7, 11) is 0. The summed E-state index contributed by atoms with van der Waals surface area (Å²) in [5, 5.41) is 7.11. The number of hydrogen-bond acceptors (Lipinski definition) is 8. The molecule has 3 heterocycles. The number of hydrogen-bond donors (Lipinski definition) is 1. The Bertz CT molecular complexity index is 1210. The first-order chi connectivity index (χ1) is 16.8. The number of benzene rings is 1. The van der Waals surface area contributed by atoms with Gasteiger partial charge in [0, 0.05) is 31.1 Å². The van der Waals surface area contributed by atoms with Crippen molar-refractivity contribution >= 4 is 69.3 Å². The first-order valence-electron chi connectivity index (χ1n) is 11.3. The standard InChI is InChI=1S/C24H26Cl2N4O2S3/c1-14(31)9-22-29-20(12-33-22)23-15(2)27-24(35-23)34-13-21(32)28-17-5-7-30(8-6-17)11-16-3-4-18(25)19(26)10-16/h3-4,10,12,17H,5-9,11,13H2,1-2H3,(H,28,32). The summed E-state index contributed by atoms with van der Waals surface area (Å²) < 4.78 is 0.852. The molecular weight excluding hydrogens is 543 g/mol. The number of aromatic nitrogens is 2. The Morgan fingerprint density at radius 2 is 1.97 bits per heavy atom. The zero-order valence-electron chi connectivity index (χ0n) is 19.5. The second-order valence-electron chi connectivity index (χ2n) is 8.55. The lowest BCUT2D eigenvalue weighted by Crippen LogP contribution is -2.44. The van der Waals surface area contributed by atoms with Crippen molar-refractivity contribution in [3.05, 3.63) is 49.9 Å². The maximum atomic E-state index is 12.6. The van der Waals surface area contributed by atoms with Crippen molar-refractivity contribution in [2.24, 2.45) is 0 Å². The number of carbonyl (C=O) groups excluding carboxylic acids is 2. The molecule has 1 aliphatic heterocycles. The molecule has 1 aromatic carbocycles. The lowest BCUT2D eigenvalue weighted by Gasteiger charge is -2.32. The first-order valence-corrected chi connectivity index (χ1v) is 14.7. The Kier molecular flexibility index (Phi) is 9.24. The molecular formula is C24H26Cl2N4O2S3. The summed E-state index contributed by atoms with van der Waals surface area (Å²) in [6.07, 6.45) is 2.20. The summed E-state index contributed by atoms with van der Waals surface area (Å²) in [5.41, 5.74) is 2.89. The van der Waals surface area contributed by atoms with Crippen molar-refractivity contribution < 1.29 is 9.59 Å². The van der Waals surface area contributed by atoms with Gasteiger partial charge in [-0.25, -0.2) is 9.97 Å². The monoisotopic (exact) mass is 568 g/mol. The average Bonchev–Trinajstić information content (AvgIpc) is 3.41. The average molecular weight is 570 g/mol. The van der Waals surface area contributed by atoms with Crippen LogP contribution in [-0.4, -0.2) is 51.4 Å². The number of nitrogens with one attached hydrogen (secondary N) is 1. The quantitative estimate of drug-likeness (QED) is 0.324. The predicted molar refractivity (Wildman–Crippen MR) is 146 cm³/mol. The lowest BCUT2D eigenvalue weighted by atomic mass is 10.0. The summed E-state index contributed by atoms with van der Waals surface area (Å²) >= 11 is 16.6. The van der Waals surface area contributed by atoms with Crippen molar-refractivity contribution in [2.75, 3.05) is 18.8 Å². The van der Waals surface area contributed by atoms with Crippen LogP contribution >= 0.6 is 57.6 Å². The molecule has 0 atom stereocenters. The summed E-state index contributed by atoms with van der Waals surface area (Å²) in [5.74, 6) is 0.471. The highest BCUT2D eigenvalue weighted by molar-refractivity contribution is 8.01. The van der Waals surface area contributed by atoms with Gasteiger partial charge in [-0.2, -0.15) is 0 Å². The van der Waals surface area contributed by atoms with E-state index in [4.69, 9.17) is 23.2 Å². The highest BCUT2D eigenvalue weighted by Gasteiger charge is 2.21. The number of Topliss-reactive ketones (excluding diaryl/α,β-unsaturated/α-hetero) is 1. The van der Waals surface area contributed by atoms with Crippen LogP contribution in [0.25, 0.3) is 10.6 Å². The molecule has 6 nitrogen and oxygen atoms in total. The van der Waals surface area contributed by atoms with Gasteiger partial charge in [0.2, 0.25) is 5.91 Å². The zero-order chi connectivity index (χ0) is 24.9. The van der Waals surface area contributed by atoms with Crippen molar-refractivity contribution in [3.63, 3.8) is 0 Å². The molecule has 0 spiro atoms. The number of likely N-dealkylation sites (tertiary alicyclic amines) is 1. The molecule has 11 heteroatoms. The van der Waals surface area contributed by atoms with Gasteiger partial charge >= 0.3 is 0 Å². The molecule has 2 aromatic heterocycles. The van der Waals surface area contributed by atoms with E-state index in [1.54, 1.807) is 18.3 Å². The van der Waals surface area contributed by atoms with Crippen LogP contribution < -0.4 is 5.32 Å². The number of aryl methyl sites for hydroxylation is 1. The highest BCUT2D eigenvalue weighted by Crippen LogP contribution is 2.35. The lowest BCUT2D eigenvalue weighted by molar-refractivity contribution is -0.119. The van der Waals surface area contributed by atoms with Crippen LogP contribution in [-0.2, 0) is 22.6 Å². The molecule has 0 aliphatic carbocycles. The number of ketones is 1. The Labute approximate surface area is 227 Å². The number of carbonyl (C=O) groups is 2. The van der Waals surface area contributed by atoms with Gasteiger partial charge in [-0.1, -0.05) is 41.0 Å². The molecule has 0 unspecified atom stereocenters. The van der Waals surface area contributed by atoms with Gasteiger partial charge in [-0.05, 0) is 44.4 Å². The Hall–Kier alpha value is -1.49. The van der Waals surface area contributed by atoms with Crippen molar-refractivity contribution in [2.45, 2.75) is 50.0 Å². The topological polar surface area (TPSA) is 75.2 Å². The molecule has 4 rings (SSSR count). The van der Waals surface area contributed by atoms with Gasteiger partial charge < -0.3 is 5.32 Å². The number of amides is 1. The predicted octanol–water partition coefficient (Wildman–Crippen LogP) is 5.89. The Balaban J connectivity index is 1.22. The number of thioether (sulfide) groups is 1. The molecule has 1 N–H and O–H groups in total. The molecule has 0 saturated carbocycles. The van der Waals surface area contributed by atoms with E-state index in [0.717, 1.165) is 63.7 Å². The van der Waals surface area contributed by atoms with Gasteiger partial charge in [-0.15, -0.1) is 22.7 Å². The number of thiazole rings is 2. The third-order valence-electron chi connectivity index (χ3n) is 5.63. The Morgan fingerprint density at radius 1 is 1.20 bits per heavy atom. The van der Waals surface area contributed by atoms with Gasteiger partial charge in [0.05, 0.1) is 38.5 Å². The molecule has 1 aliphatic rings. The van der Waals surface area contributed by atoms with Crippen LogP contribution in [0.2, 0.25) is 10.0 Å². The SMILES string of the molecule is CC(=O)Cc1nc(-c2sc(SCC(=O)NC3CCN(Cc4ccc(Cl)c(Cl)c4)CC3)nc2C)cs1. The first kappa shape index (κ1) is 26.6. The van der Waals surface area contributed by atoms with E-state index in [1.165, 1.54) is 23.1 Å². The van der Waals surface area contributed by atoms with E-state index in [9.17, 15) is 9.59 Å². The van der Waals surface area contributed by atoms with Crippen LogP contribution in [0.1, 0.15) is 36.0 Å². The highest BCUT2D eigenvalue weighted by atomic mass is 35.5. The minimum absolute atomic E-state index is 0.0322. The van der Waals surface area contributed by atoms with Gasteiger partial charge in [0.15, 0.2) is 4.34 Å². The van der Waals surface area contributed by atoms with Crippen LogP contribution in [0.5, 0.6) is 0 Å². The fourth-order valence-electron chi connectivity index (χ4n) is 3.91. The maximum absolute atomic E-state index is 12.6. The summed E-state index contributed by atoms with van der Waals surface area (Å²) in [6, 6.07) is 5.95. The maximum Gasteiger partial charge on any atom is 0.230 e. The largest absolute Gasteiger partial charge is 0.353 e. The van der Waals surface area contributed by atoms with Crippen LogP contribution in [0, 0.1) is 6.92 Å². The number of nitrogens with zero attached hydrogens (tertiary/aromatic N) is 3. The van der Waals surface area contributed by atoms with Gasteiger partial charge in [0.25, 0.3) is 0 Å². The molecule has 3 aromatic rings. The molecule has 0 radical (unpaired) electrons. The van der Waals surface area contributed by atoms with E-state index in [-0.39, 0.29) is 17.7 Å². The second-order valence-corrected chi connectivity index (χ2v) is 12.5. The van der Waals surface area contributed by atoms with Crippen molar-refractivity contribution in [1.82, 2.24) is 20.2 Å². The number of piperidine rings is 1. The molecule has 186 valence electrons. The van der Waals surface area contributed by atoms with Crippen LogP contribution in [0.3, 0.4) is 0 Å². The fraction of sp³-hybridized carbons (Fsp3) is 0.417. The van der Waals surface area contributed by atoms with E-state index in [0.29, 0.717) is 22.2 Å². The molecule has 35 heavy (non-hydrogen) atoms. The Morgan fingerprint density at radius 3 is 2.69 bits per heavy atom. The van der Waals surface area contributed by atoms with E-state index >= 15 is 0 Å². The van der Waals surface area contributed by atoms with E-state index in [2.05, 4.69) is 20.2 Å². The molecule has 1 saturated heterocycles. The molecule has 1 fully saturated rings. The number of halogens is 2. The fourth-order valence-corrected chi connectivity index (χ4v) is 7.12. The van der Waals surface area contributed by atoms with Crippen LogP contribution in [0.15, 0.2) is 27.9 Å². The zero-order valence-corrected chi connectivity index (χ0v) is 23.4. The summed E-state index contributed by atoms with van der Waals surface area (Å²) in [6.45, 7) is 6.19. The van der Waals surface area contributed by atoms with Crippen LogP contribution in [0.4, 0.5) is 0 Å². The minimum Gasteiger partial charge on any atom is -0.353 e. The summed E-state index contributed by atoms with van der Waals surface area (Å²) in [4.78, 5) is 36.4. The smallest absolute Gasteiger partial charge is 0.230 e. The molecule has 0 bridgehead atoms. The third-order valence-corrected chi connectivity index (χ3v) is 9.54. The van der Waals surface area contributed by atoms with Crippen molar-refractivity contribution in [3.8, 4) is 10.6 Å². The molecule has 1 amide bonds. The van der Waals surface area contributed by atoms with Gasteiger partial charge in [0.1, 0.15) is 10.8 Å². The third kappa shape index (κ3) is 7.50. The normalized spacial score (nSPS) is 14.9. The second kappa shape index (κ2) is 12.2. The van der Waals surface area contributed by atoms with E-state index in [1.807, 2.05) is 30.5 Å². The van der Waals surface area contributed by atoms with Crippen molar-refractivity contribution in [1.29, 1.82) is 0 Å². The number of rotatable bonds is 9.